The van der Waals surface area contributed by atoms with Crippen molar-refractivity contribution in [2.45, 2.75) is 34.6 Å². The molecule has 1 aromatic heterocycles. The molecule has 1 aliphatic heterocycles. The van der Waals surface area contributed by atoms with Crippen molar-refractivity contribution in [1.82, 2.24) is 15.2 Å². The van der Waals surface area contributed by atoms with Crippen molar-refractivity contribution in [1.29, 1.82) is 5.26 Å². The van der Waals surface area contributed by atoms with Gasteiger partial charge in [-0.15, -0.1) is 0 Å². The third kappa shape index (κ3) is 5.07. The largest absolute Gasteiger partial charge is 0.358 e. The van der Waals surface area contributed by atoms with E-state index in [4.69, 9.17) is 0 Å². The molecule has 3 aromatic rings. The van der Waals surface area contributed by atoms with Gasteiger partial charge in [-0.2, -0.15) is 5.26 Å². The number of anilines is 1. The summed E-state index contributed by atoms with van der Waals surface area (Å²) in [5.74, 6) is -0.305. The number of aryl methyl sites for hydroxylation is 1. The van der Waals surface area contributed by atoms with Crippen LogP contribution in [0.5, 0.6) is 0 Å². The number of benzene rings is 2. The average molecular weight is 496 g/mol. The van der Waals surface area contributed by atoms with Gasteiger partial charge in [0.15, 0.2) is 0 Å². The minimum absolute atomic E-state index is 0.116. The summed E-state index contributed by atoms with van der Waals surface area (Å²) >= 11 is 0. The number of aromatic amines is 1. The molecule has 0 unspecified atom stereocenters. The molecule has 2 heterocycles. The lowest BCUT2D eigenvalue weighted by Gasteiger charge is -2.18. The van der Waals surface area contributed by atoms with Crippen LogP contribution in [0.25, 0.3) is 22.8 Å². The lowest BCUT2D eigenvalue weighted by Crippen LogP contribution is -2.35. The molecule has 37 heavy (non-hydrogen) atoms. The van der Waals surface area contributed by atoms with Crippen LogP contribution in [0.1, 0.15) is 57.8 Å². The molecule has 3 N–H and O–H groups in total. The molecule has 2 amide bonds. The van der Waals surface area contributed by atoms with Crippen LogP contribution in [-0.4, -0.2) is 47.9 Å². The minimum Gasteiger partial charge on any atom is -0.358 e. The average Bonchev–Trinajstić information content (AvgIpc) is 3.35. The topological polar surface area (TPSA) is 101 Å². The van der Waals surface area contributed by atoms with E-state index in [0.29, 0.717) is 23.2 Å². The molecule has 0 atom stereocenters. The highest BCUT2D eigenvalue weighted by Gasteiger charge is 2.26. The Morgan fingerprint density at radius 3 is 2.54 bits per heavy atom. The van der Waals surface area contributed by atoms with Crippen molar-refractivity contribution in [3.63, 3.8) is 0 Å². The van der Waals surface area contributed by atoms with Crippen molar-refractivity contribution < 1.29 is 9.59 Å². The smallest absolute Gasteiger partial charge is 0.256 e. The van der Waals surface area contributed by atoms with Gasteiger partial charge in [0.2, 0.25) is 0 Å². The molecule has 190 valence electrons. The summed E-state index contributed by atoms with van der Waals surface area (Å²) in [7, 11) is 0. The molecule has 0 radical (unpaired) electrons. The number of hydrogen-bond donors (Lipinski definition) is 3. The van der Waals surface area contributed by atoms with Crippen LogP contribution < -0.4 is 10.6 Å². The predicted octanol–water partition coefficient (Wildman–Crippen LogP) is 5.04. The minimum atomic E-state index is -0.188. The molecule has 7 heteroatoms. The van der Waals surface area contributed by atoms with E-state index in [1.807, 2.05) is 57.2 Å². The van der Waals surface area contributed by atoms with Crippen LogP contribution in [0.3, 0.4) is 0 Å². The van der Waals surface area contributed by atoms with Gasteiger partial charge in [-0.1, -0.05) is 32.0 Å². The van der Waals surface area contributed by atoms with Gasteiger partial charge in [-0.05, 0) is 80.4 Å². The Labute approximate surface area is 218 Å². The maximum absolute atomic E-state index is 13.0. The highest BCUT2D eigenvalue weighted by Crippen LogP contribution is 2.38. The fourth-order valence-electron chi connectivity index (χ4n) is 4.93. The molecule has 7 nitrogen and oxygen atoms in total. The fourth-order valence-corrected chi connectivity index (χ4v) is 4.93. The normalized spacial score (nSPS) is 13.5. The Kier molecular flexibility index (Phi) is 7.61. The number of nitrogens with zero attached hydrogens (tertiary/aromatic N) is 2. The van der Waals surface area contributed by atoms with E-state index >= 15 is 0 Å². The van der Waals surface area contributed by atoms with Gasteiger partial charge in [0.25, 0.3) is 11.8 Å². The number of amides is 2. The van der Waals surface area contributed by atoms with Crippen LogP contribution in [-0.2, 0) is 4.79 Å². The maximum Gasteiger partial charge on any atom is 0.256 e. The van der Waals surface area contributed by atoms with E-state index < -0.39 is 0 Å². The van der Waals surface area contributed by atoms with Crippen molar-refractivity contribution in [3.05, 3.63) is 75.6 Å². The van der Waals surface area contributed by atoms with E-state index in [2.05, 4.69) is 40.4 Å². The highest BCUT2D eigenvalue weighted by molar-refractivity contribution is 6.35. The number of nitriles is 1. The number of rotatable bonds is 8. The van der Waals surface area contributed by atoms with Crippen molar-refractivity contribution >= 4 is 29.2 Å². The van der Waals surface area contributed by atoms with E-state index in [-0.39, 0.29) is 11.8 Å². The van der Waals surface area contributed by atoms with Gasteiger partial charge in [0, 0.05) is 35.7 Å². The molecule has 0 bridgehead atoms. The summed E-state index contributed by atoms with van der Waals surface area (Å²) in [6.07, 6.45) is 1.82. The number of aromatic nitrogens is 1. The number of hydrogen-bond acceptors (Lipinski definition) is 4. The van der Waals surface area contributed by atoms with Crippen LogP contribution in [0.15, 0.2) is 36.4 Å². The Bertz CT molecular complexity index is 1440. The summed E-state index contributed by atoms with van der Waals surface area (Å²) in [5, 5.41) is 15.4. The summed E-state index contributed by atoms with van der Waals surface area (Å²) in [6.45, 7) is 13.2. The second-order valence-electron chi connectivity index (χ2n) is 9.31. The standard InChI is InChI=1S/C30H33N5O2/c1-6-35(7-2)14-13-32-30(37)28-19(4)27(33-20(28)5)16-25-24-15-21(11-12-26(24)34-29(25)36)23-10-8-9-22(17-31)18(23)3/h8-12,15-16,33H,6-7,13-14H2,1-5H3,(H,32,37)(H,34,36)/b25-16-. The zero-order chi connectivity index (χ0) is 26.7. The van der Waals surface area contributed by atoms with Crippen molar-refractivity contribution in [3.8, 4) is 17.2 Å². The van der Waals surface area contributed by atoms with Crippen LogP contribution in [0, 0.1) is 32.1 Å². The summed E-state index contributed by atoms with van der Waals surface area (Å²) < 4.78 is 0. The number of nitrogens with one attached hydrogen (secondary N) is 3. The van der Waals surface area contributed by atoms with E-state index in [0.717, 1.165) is 64.5 Å². The lowest BCUT2D eigenvalue weighted by atomic mass is 9.94. The third-order valence-electron chi connectivity index (χ3n) is 7.17. The van der Waals surface area contributed by atoms with Crippen LogP contribution in [0.2, 0.25) is 0 Å². The quantitative estimate of drug-likeness (QED) is 0.381. The van der Waals surface area contributed by atoms with Crippen LogP contribution in [0.4, 0.5) is 5.69 Å². The first-order chi connectivity index (χ1) is 17.8. The maximum atomic E-state index is 13.0. The Morgan fingerprint density at radius 1 is 1.08 bits per heavy atom. The number of likely N-dealkylation sites (N-methyl/N-ethyl adjacent to an activating group) is 1. The zero-order valence-corrected chi connectivity index (χ0v) is 22.1. The SMILES string of the molecule is CCN(CC)CCNC(=O)c1c(C)[nH]c(/C=C2\C(=O)Nc3ccc(-c4cccc(C#N)c4C)cc32)c1C. The monoisotopic (exact) mass is 495 g/mol. The predicted molar refractivity (Wildman–Crippen MR) is 148 cm³/mol. The zero-order valence-electron chi connectivity index (χ0n) is 22.1. The molecule has 0 fully saturated rings. The molecule has 4 rings (SSSR count). The second kappa shape index (κ2) is 10.9. The molecule has 2 aromatic carbocycles. The van der Waals surface area contributed by atoms with Gasteiger partial charge >= 0.3 is 0 Å². The highest BCUT2D eigenvalue weighted by atomic mass is 16.2. The molecule has 0 aliphatic carbocycles. The molecule has 0 saturated heterocycles. The van der Waals surface area contributed by atoms with Gasteiger partial charge in [0.1, 0.15) is 0 Å². The number of H-pyrrole nitrogens is 1. The van der Waals surface area contributed by atoms with Crippen molar-refractivity contribution in [2.24, 2.45) is 0 Å². The van der Waals surface area contributed by atoms with E-state index in [9.17, 15) is 14.9 Å². The third-order valence-corrected chi connectivity index (χ3v) is 7.17. The first-order valence-electron chi connectivity index (χ1n) is 12.7. The Balaban J connectivity index is 1.65. The first kappa shape index (κ1) is 25.9. The van der Waals surface area contributed by atoms with Gasteiger partial charge < -0.3 is 20.5 Å². The molecule has 1 aliphatic rings. The number of carbonyl (C=O) groups is 2. The molecule has 0 saturated carbocycles. The second-order valence-corrected chi connectivity index (χ2v) is 9.31. The summed E-state index contributed by atoms with van der Waals surface area (Å²) in [6, 6.07) is 13.7. The first-order valence-corrected chi connectivity index (χ1v) is 12.7. The van der Waals surface area contributed by atoms with Crippen molar-refractivity contribution in [2.75, 3.05) is 31.5 Å². The van der Waals surface area contributed by atoms with E-state index in [1.54, 1.807) is 6.07 Å². The fraction of sp³-hybridized carbons (Fsp3) is 0.300. The summed E-state index contributed by atoms with van der Waals surface area (Å²) in [5.41, 5.74) is 8.40. The van der Waals surface area contributed by atoms with Crippen LogP contribution >= 0.6 is 0 Å². The Hall–Kier alpha value is -4.15. The molecular formula is C30H33N5O2. The van der Waals surface area contributed by atoms with Gasteiger partial charge in [-0.3, -0.25) is 9.59 Å². The lowest BCUT2D eigenvalue weighted by molar-refractivity contribution is -0.110. The number of fused-ring (bicyclic) bond motifs is 1. The summed E-state index contributed by atoms with van der Waals surface area (Å²) in [4.78, 5) is 31.5. The Morgan fingerprint density at radius 2 is 1.84 bits per heavy atom. The number of carbonyl (C=O) groups excluding carboxylic acids is 2. The van der Waals surface area contributed by atoms with E-state index in [1.165, 1.54) is 0 Å². The van der Waals surface area contributed by atoms with Gasteiger partial charge in [-0.25, -0.2) is 0 Å². The van der Waals surface area contributed by atoms with Gasteiger partial charge in [0.05, 0.1) is 22.8 Å². The molecule has 0 spiro atoms. The molecular weight excluding hydrogens is 462 g/mol.